The summed E-state index contributed by atoms with van der Waals surface area (Å²) < 4.78 is 4.98. The van der Waals surface area contributed by atoms with E-state index < -0.39 is 0 Å². The van der Waals surface area contributed by atoms with Crippen molar-refractivity contribution >= 4 is 6.29 Å². The highest BCUT2D eigenvalue weighted by molar-refractivity contribution is 5.55. The first-order valence-electron chi connectivity index (χ1n) is 4.80. The standard InChI is InChI=1S/C12H16O2/c1-10-4-3-5-11(8-10)6-7-12(9-13)14-2/h3-5,8-9,12H,6-7H2,1-2H3. The largest absolute Gasteiger partial charge is 0.374 e. The molecular formula is C12H16O2. The quantitative estimate of drug-likeness (QED) is 0.668. The maximum Gasteiger partial charge on any atom is 0.148 e. The third kappa shape index (κ3) is 3.30. The van der Waals surface area contributed by atoms with Crippen LogP contribution >= 0.6 is 0 Å². The zero-order valence-electron chi connectivity index (χ0n) is 8.69. The van der Waals surface area contributed by atoms with E-state index in [2.05, 4.69) is 25.1 Å². The monoisotopic (exact) mass is 192 g/mol. The van der Waals surface area contributed by atoms with Gasteiger partial charge < -0.3 is 9.53 Å². The van der Waals surface area contributed by atoms with Gasteiger partial charge in [-0.2, -0.15) is 0 Å². The predicted octanol–water partition coefficient (Wildman–Crippen LogP) is 2.14. The molecule has 0 heterocycles. The molecule has 0 saturated carbocycles. The molecule has 1 rings (SSSR count). The van der Waals surface area contributed by atoms with Crippen LogP contribution in [0.3, 0.4) is 0 Å². The van der Waals surface area contributed by atoms with Crippen LogP contribution in [-0.2, 0) is 16.0 Å². The summed E-state index contributed by atoms with van der Waals surface area (Å²) in [7, 11) is 1.56. The average Bonchev–Trinajstić information content (AvgIpc) is 2.19. The van der Waals surface area contributed by atoms with Crippen molar-refractivity contribution in [3.8, 4) is 0 Å². The Balaban J connectivity index is 2.48. The lowest BCUT2D eigenvalue weighted by Gasteiger charge is -2.07. The number of carbonyl (C=O) groups excluding carboxylic acids is 1. The number of rotatable bonds is 5. The highest BCUT2D eigenvalue weighted by Crippen LogP contribution is 2.08. The third-order valence-corrected chi connectivity index (χ3v) is 2.25. The summed E-state index contributed by atoms with van der Waals surface area (Å²) in [6.45, 7) is 2.07. The Kier molecular flexibility index (Phi) is 4.33. The summed E-state index contributed by atoms with van der Waals surface area (Å²) in [5, 5.41) is 0. The Bertz CT molecular complexity index is 294. The van der Waals surface area contributed by atoms with Gasteiger partial charge in [-0.15, -0.1) is 0 Å². The molecule has 76 valence electrons. The number of aryl methyl sites for hydroxylation is 2. The molecule has 0 aliphatic heterocycles. The van der Waals surface area contributed by atoms with E-state index in [1.54, 1.807) is 7.11 Å². The molecule has 0 aliphatic carbocycles. The van der Waals surface area contributed by atoms with Crippen molar-refractivity contribution < 1.29 is 9.53 Å². The molecule has 0 aromatic heterocycles. The maximum absolute atomic E-state index is 10.5. The summed E-state index contributed by atoms with van der Waals surface area (Å²) in [5.74, 6) is 0. The van der Waals surface area contributed by atoms with Gasteiger partial charge in [0.05, 0.1) is 0 Å². The van der Waals surface area contributed by atoms with Crippen LogP contribution in [0.1, 0.15) is 17.5 Å². The lowest BCUT2D eigenvalue weighted by atomic mass is 10.1. The van der Waals surface area contributed by atoms with Crippen LogP contribution in [0.4, 0.5) is 0 Å². The topological polar surface area (TPSA) is 26.3 Å². The van der Waals surface area contributed by atoms with Crippen molar-refractivity contribution in [1.82, 2.24) is 0 Å². The SMILES string of the molecule is COC(C=O)CCc1cccc(C)c1. The van der Waals surface area contributed by atoms with Crippen LogP contribution in [0.5, 0.6) is 0 Å². The molecule has 1 unspecified atom stereocenters. The van der Waals surface area contributed by atoms with E-state index in [-0.39, 0.29) is 6.10 Å². The zero-order valence-corrected chi connectivity index (χ0v) is 8.69. The van der Waals surface area contributed by atoms with E-state index in [9.17, 15) is 4.79 Å². The summed E-state index contributed by atoms with van der Waals surface area (Å²) in [4.78, 5) is 10.5. The fourth-order valence-electron chi connectivity index (χ4n) is 1.42. The molecule has 0 saturated heterocycles. The van der Waals surface area contributed by atoms with Crippen LogP contribution in [-0.4, -0.2) is 19.5 Å². The van der Waals surface area contributed by atoms with E-state index in [1.165, 1.54) is 11.1 Å². The highest BCUT2D eigenvalue weighted by atomic mass is 16.5. The summed E-state index contributed by atoms with van der Waals surface area (Å²) in [6, 6.07) is 8.31. The van der Waals surface area contributed by atoms with Crippen LogP contribution < -0.4 is 0 Å². The Morgan fingerprint density at radius 3 is 2.86 bits per heavy atom. The molecule has 1 aromatic carbocycles. The van der Waals surface area contributed by atoms with Crippen LogP contribution in [0.15, 0.2) is 24.3 Å². The number of hydrogen-bond acceptors (Lipinski definition) is 2. The van der Waals surface area contributed by atoms with Crippen molar-refractivity contribution in [1.29, 1.82) is 0 Å². The van der Waals surface area contributed by atoms with E-state index in [1.807, 2.05) is 6.07 Å². The Hall–Kier alpha value is -1.15. The molecule has 2 heteroatoms. The van der Waals surface area contributed by atoms with E-state index in [0.717, 1.165) is 19.1 Å². The molecule has 0 aliphatic rings. The number of ether oxygens (including phenoxy) is 1. The summed E-state index contributed by atoms with van der Waals surface area (Å²) in [6.07, 6.45) is 2.23. The number of benzene rings is 1. The van der Waals surface area contributed by atoms with Gasteiger partial charge in [0.15, 0.2) is 0 Å². The summed E-state index contributed by atoms with van der Waals surface area (Å²) in [5.41, 5.74) is 2.51. The summed E-state index contributed by atoms with van der Waals surface area (Å²) >= 11 is 0. The van der Waals surface area contributed by atoms with Gasteiger partial charge in [-0.1, -0.05) is 29.8 Å². The van der Waals surface area contributed by atoms with Crippen molar-refractivity contribution in [2.24, 2.45) is 0 Å². The van der Waals surface area contributed by atoms with E-state index in [4.69, 9.17) is 4.74 Å². The van der Waals surface area contributed by atoms with Gasteiger partial charge in [0.1, 0.15) is 12.4 Å². The van der Waals surface area contributed by atoms with Crippen molar-refractivity contribution in [2.75, 3.05) is 7.11 Å². The van der Waals surface area contributed by atoms with Crippen LogP contribution in [0.25, 0.3) is 0 Å². The fourth-order valence-corrected chi connectivity index (χ4v) is 1.42. The lowest BCUT2D eigenvalue weighted by molar-refractivity contribution is -0.116. The highest BCUT2D eigenvalue weighted by Gasteiger charge is 2.04. The Morgan fingerprint density at radius 1 is 1.50 bits per heavy atom. The second-order valence-corrected chi connectivity index (χ2v) is 3.44. The third-order valence-electron chi connectivity index (χ3n) is 2.25. The smallest absolute Gasteiger partial charge is 0.148 e. The number of hydrogen-bond donors (Lipinski definition) is 0. The second-order valence-electron chi connectivity index (χ2n) is 3.44. The van der Waals surface area contributed by atoms with Crippen molar-refractivity contribution in [2.45, 2.75) is 25.9 Å². The number of methoxy groups -OCH3 is 1. The Labute approximate surface area is 84.9 Å². The molecule has 0 fully saturated rings. The number of carbonyl (C=O) groups is 1. The molecular weight excluding hydrogens is 176 g/mol. The number of aldehydes is 1. The molecule has 14 heavy (non-hydrogen) atoms. The minimum atomic E-state index is -0.268. The molecule has 0 spiro atoms. The average molecular weight is 192 g/mol. The molecule has 2 nitrogen and oxygen atoms in total. The van der Waals surface area contributed by atoms with Gasteiger partial charge in [-0.25, -0.2) is 0 Å². The van der Waals surface area contributed by atoms with Gasteiger partial charge in [-0.05, 0) is 25.3 Å². The van der Waals surface area contributed by atoms with E-state index >= 15 is 0 Å². The fraction of sp³-hybridized carbons (Fsp3) is 0.417. The minimum absolute atomic E-state index is 0.268. The molecule has 0 radical (unpaired) electrons. The normalized spacial score (nSPS) is 12.4. The first-order valence-corrected chi connectivity index (χ1v) is 4.80. The molecule has 0 N–H and O–H groups in total. The lowest BCUT2D eigenvalue weighted by Crippen LogP contribution is -2.12. The maximum atomic E-state index is 10.5. The zero-order chi connectivity index (χ0) is 10.4. The van der Waals surface area contributed by atoms with Crippen LogP contribution in [0.2, 0.25) is 0 Å². The second kappa shape index (κ2) is 5.55. The van der Waals surface area contributed by atoms with Gasteiger partial charge in [-0.3, -0.25) is 0 Å². The molecule has 0 amide bonds. The van der Waals surface area contributed by atoms with Crippen molar-refractivity contribution in [3.05, 3.63) is 35.4 Å². The minimum Gasteiger partial charge on any atom is -0.374 e. The molecule has 1 atom stereocenters. The van der Waals surface area contributed by atoms with E-state index in [0.29, 0.717) is 0 Å². The molecule has 1 aromatic rings. The first kappa shape index (κ1) is 10.9. The van der Waals surface area contributed by atoms with Gasteiger partial charge in [0.25, 0.3) is 0 Å². The first-order chi connectivity index (χ1) is 6.76. The Morgan fingerprint density at radius 2 is 2.29 bits per heavy atom. The van der Waals surface area contributed by atoms with Gasteiger partial charge in [0.2, 0.25) is 0 Å². The predicted molar refractivity (Wildman–Crippen MR) is 56.4 cm³/mol. The molecule has 0 bridgehead atoms. The van der Waals surface area contributed by atoms with Crippen LogP contribution in [0, 0.1) is 6.92 Å². The van der Waals surface area contributed by atoms with Gasteiger partial charge in [0, 0.05) is 7.11 Å². The van der Waals surface area contributed by atoms with Gasteiger partial charge >= 0.3 is 0 Å². The van der Waals surface area contributed by atoms with Crippen molar-refractivity contribution in [3.63, 3.8) is 0 Å².